The van der Waals surface area contributed by atoms with Crippen molar-refractivity contribution in [3.63, 3.8) is 0 Å². The van der Waals surface area contributed by atoms with Crippen molar-refractivity contribution in [2.45, 2.75) is 12.8 Å². The number of nitrogens with one attached hydrogen (secondary N) is 1. The molecule has 9 heteroatoms. The lowest BCUT2D eigenvalue weighted by Gasteiger charge is -2.16. The number of aromatic nitrogens is 2. The first-order chi connectivity index (χ1) is 10.3. The van der Waals surface area contributed by atoms with Gasteiger partial charge in [0.1, 0.15) is 6.67 Å². The third-order valence-corrected chi connectivity index (χ3v) is 2.87. The molecular formula is C13H12F3N5O. The lowest BCUT2D eigenvalue weighted by molar-refractivity contribution is -0.141. The molecule has 1 aromatic heterocycles. The van der Waals surface area contributed by atoms with Crippen molar-refractivity contribution in [2.24, 2.45) is 5.73 Å². The van der Waals surface area contributed by atoms with Crippen LogP contribution in [0.3, 0.4) is 0 Å². The van der Waals surface area contributed by atoms with Crippen LogP contribution < -0.4 is 5.73 Å². The second kappa shape index (κ2) is 5.88. The molecular weight excluding hydrogens is 299 g/mol. The number of nitrogens with two attached hydrogens (primary N) is 1. The van der Waals surface area contributed by atoms with Crippen molar-refractivity contribution in [3.05, 3.63) is 42.1 Å². The Morgan fingerprint density at radius 3 is 2.50 bits per heavy atom. The molecule has 0 saturated carbocycles. The van der Waals surface area contributed by atoms with Gasteiger partial charge in [-0.05, 0) is 11.6 Å². The van der Waals surface area contributed by atoms with Gasteiger partial charge in [-0.3, -0.25) is 10.3 Å². The van der Waals surface area contributed by atoms with Gasteiger partial charge in [0.05, 0.1) is 12.0 Å². The summed E-state index contributed by atoms with van der Waals surface area (Å²) in [4.78, 5) is 11.9. The minimum absolute atomic E-state index is 0.168. The first kappa shape index (κ1) is 15.5. The summed E-state index contributed by atoms with van der Waals surface area (Å²) in [5.74, 6) is 0. The van der Waals surface area contributed by atoms with E-state index in [4.69, 9.17) is 11.1 Å². The molecule has 0 fully saturated rings. The van der Waals surface area contributed by atoms with Crippen LogP contribution >= 0.6 is 0 Å². The van der Waals surface area contributed by atoms with Crippen LogP contribution in [0.5, 0.6) is 0 Å². The van der Waals surface area contributed by atoms with Crippen LogP contribution in [-0.2, 0) is 12.8 Å². The van der Waals surface area contributed by atoms with Gasteiger partial charge in [-0.1, -0.05) is 30.3 Å². The number of urea groups is 1. The number of rotatable bonds is 4. The number of carbonyl (C=O) groups is 1. The molecule has 2 amide bonds. The van der Waals surface area contributed by atoms with Crippen molar-refractivity contribution in [2.75, 3.05) is 0 Å². The molecule has 0 bridgehead atoms. The van der Waals surface area contributed by atoms with Crippen LogP contribution in [-0.4, -0.2) is 27.1 Å². The predicted molar refractivity (Wildman–Crippen MR) is 72.9 cm³/mol. The van der Waals surface area contributed by atoms with Crippen molar-refractivity contribution >= 4 is 12.4 Å². The van der Waals surface area contributed by atoms with E-state index in [0.717, 1.165) is 15.6 Å². The summed E-state index contributed by atoms with van der Waals surface area (Å²) in [5, 5.41) is 10.5. The first-order valence-electron chi connectivity index (χ1n) is 6.10. The Labute approximate surface area is 123 Å². The van der Waals surface area contributed by atoms with E-state index >= 15 is 0 Å². The van der Waals surface area contributed by atoms with E-state index in [2.05, 4.69) is 5.10 Å². The quantitative estimate of drug-likeness (QED) is 0.671. The van der Waals surface area contributed by atoms with Crippen LogP contribution in [0.4, 0.5) is 18.0 Å². The lowest BCUT2D eigenvalue weighted by atomic mass is 10.1. The average Bonchev–Trinajstić information content (AvgIpc) is 2.89. The zero-order valence-corrected chi connectivity index (χ0v) is 11.2. The fraction of sp³-hybridized carbons (Fsp3) is 0.154. The maximum Gasteiger partial charge on any atom is 0.435 e. The summed E-state index contributed by atoms with van der Waals surface area (Å²) in [7, 11) is 0. The Morgan fingerprint density at radius 2 is 2.00 bits per heavy atom. The number of hydrogen-bond acceptors (Lipinski definition) is 3. The fourth-order valence-electron chi connectivity index (χ4n) is 1.82. The number of alkyl halides is 3. The Morgan fingerprint density at radius 1 is 1.36 bits per heavy atom. The molecule has 0 saturated heterocycles. The molecule has 1 heterocycles. The van der Waals surface area contributed by atoms with Gasteiger partial charge in [0.25, 0.3) is 0 Å². The minimum atomic E-state index is -4.61. The number of nitrogens with zero attached hydrogens (tertiary/aromatic N) is 3. The number of primary amides is 1. The van der Waals surface area contributed by atoms with E-state index in [1.165, 1.54) is 0 Å². The highest BCUT2D eigenvalue weighted by atomic mass is 19.4. The van der Waals surface area contributed by atoms with E-state index in [0.29, 0.717) is 11.9 Å². The van der Waals surface area contributed by atoms with Gasteiger partial charge < -0.3 is 5.73 Å². The smallest absolute Gasteiger partial charge is 0.351 e. The maximum atomic E-state index is 12.8. The lowest BCUT2D eigenvalue weighted by Crippen LogP contribution is -2.36. The van der Waals surface area contributed by atoms with Crippen molar-refractivity contribution in [1.82, 2.24) is 14.7 Å². The Balaban J connectivity index is 2.49. The SMILES string of the molecule is N=CN(Cn1nc(C(F)(F)F)cc1-c1ccccc1)C(N)=O. The Kier molecular flexibility index (Phi) is 4.15. The highest BCUT2D eigenvalue weighted by Crippen LogP contribution is 2.31. The molecule has 22 heavy (non-hydrogen) atoms. The molecule has 0 unspecified atom stereocenters. The number of hydrogen-bond donors (Lipinski definition) is 2. The second-order valence-electron chi connectivity index (χ2n) is 4.36. The van der Waals surface area contributed by atoms with Crippen LogP contribution in [0, 0.1) is 5.41 Å². The van der Waals surface area contributed by atoms with E-state index < -0.39 is 17.9 Å². The standard InChI is InChI=1S/C13H12F3N5O/c14-13(15,16)11-6-10(9-4-2-1-3-5-9)21(19-11)8-20(7-17)12(18)22/h1-7,17H,8H2,(H2,18,22). The molecule has 1 aromatic carbocycles. The molecule has 3 N–H and O–H groups in total. The topological polar surface area (TPSA) is 88.0 Å². The summed E-state index contributed by atoms with van der Waals surface area (Å²) in [6, 6.07) is 8.23. The number of carbonyl (C=O) groups excluding carboxylic acids is 1. The van der Waals surface area contributed by atoms with Crippen LogP contribution in [0.2, 0.25) is 0 Å². The molecule has 6 nitrogen and oxygen atoms in total. The largest absolute Gasteiger partial charge is 0.435 e. The number of halogens is 3. The van der Waals surface area contributed by atoms with Gasteiger partial charge in [0.15, 0.2) is 5.69 Å². The zero-order valence-electron chi connectivity index (χ0n) is 11.2. The van der Waals surface area contributed by atoms with Crippen molar-refractivity contribution in [3.8, 4) is 11.3 Å². The van der Waals surface area contributed by atoms with E-state index in [1.54, 1.807) is 30.3 Å². The Bertz CT molecular complexity index is 681. The summed E-state index contributed by atoms with van der Waals surface area (Å²) >= 11 is 0. The molecule has 0 aliphatic carbocycles. The van der Waals surface area contributed by atoms with Gasteiger partial charge in [0.2, 0.25) is 0 Å². The van der Waals surface area contributed by atoms with E-state index in [9.17, 15) is 18.0 Å². The predicted octanol–water partition coefficient (Wildman–Crippen LogP) is 2.51. The molecule has 116 valence electrons. The maximum absolute atomic E-state index is 12.8. The number of benzene rings is 1. The molecule has 0 aliphatic rings. The molecule has 0 radical (unpaired) electrons. The molecule has 2 aromatic rings. The van der Waals surface area contributed by atoms with E-state index in [1.807, 2.05) is 0 Å². The van der Waals surface area contributed by atoms with Gasteiger partial charge >= 0.3 is 12.2 Å². The summed E-state index contributed by atoms with van der Waals surface area (Å²) in [6.45, 7) is -0.390. The molecule has 0 aliphatic heterocycles. The summed E-state index contributed by atoms with van der Waals surface area (Å²) in [5.41, 5.74) is 4.63. The summed E-state index contributed by atoms with van der Waals surface area (Å²) < 4.78 is 39.5. The zero-order chi connectivity index (χ0) is 16.3. The van der Waals surface area contributed by atoms with E-state index in [-0.39, 0.29) is 12.4 Å². The first-order valence-corrected chi connectivity index (χ1v) is 6.10. The highest BCUT2D eigenvalue weighted by Gasteiger charge is 2.35. The van der Waals surface area contributed by atoms with Gasteiger partial charge in [0, 0.05) is 0 Å². The van der Waals surface area contributed by atoms with Gasteiger partial charge in [-0.15, -0.1) is 0 Å². The van der Waals surface area contributed by atoms with Gasteiger partial charge in [-0.2, -0.15) is 18.3 Å². The van der Waals surface area contributed by atoms with Crippen LogP contribution in [0.25, 0.3) is 11.3 Å². The summed E-state index contributed by atoms with van der Waals surface area (Å²) in [6.07, 6.45) is -3.98. The monoisotopic (exact) mass is 311 g/mol. The van der Waals surface area contributed by atoms with Crippen LogP contribution in [0.1, 0.15) is 5.69 Å². The Hall–Kier alpha value is -2.84. The normalized spacial score (nSPS) is 11.2. The second-order valence-corrected chi connectivity index (χ2v) is 4.36. The average molecular weight is 311 g/mol. The van der Waals surface area contributed by atoms with Gasteiger partial charge in [-0.25, -0.2) is 9.48 Å². The minimum Gasteiger partial charge on any atom is -0.351 e. The van der Waals surface area contributed by atoms with Crippen molar-refractivity contribution in [1.29, 1.82) is 5.41 Å². The molecule has 0 spiro atoms. The fourth-order valence-corrected chi connectivity index (χ4v) is 1.82. The third kappa shape index (κ3) is 3.25. The van der Waals surface area contributed by atoms with Crippen molar-refractivity contribution < 1.29 is 18.0 Å². The number of amides is 2. The third-order valence-electron chi connectivity index (χ3n) is 2.87. The molecule has 0 atom stereocenters. The highest BCUT2D eigenvalue weighted by molar-refractivity contribution is 5.83. The molecule has 2 rings (SSSR count). The van der Waals surface area contributed by atoms with Crippen LogP contribution in [0.15, 0.2) is 36.4 Å².